The first-order chi connectivity index (χ1) is 12.9. The molecule has 0 radical (unpaired) electrons. The Morgan fingerprint density at radius 3 is 2.81 bits per heavy atom. The summed E-state index contributed by atoms with van der Waals surface area (Å²) >= 11 is 0. The van der Waals surface area contributed by atoms with Gasteiger partial charge in [-0.2, -0.15) is 4.31 Å². The van der Waals surface area contributed by atoms with Crippen molar-refractivity contribution in [3.05, 3.63) is 41.5 Å². The van der Waals surface area contributed by atoms with Gasteiger partial charge >= 0.3 is 0 Å². The van der Waals surface area contributed by atoms with Crippen LogP contribution < -0.4 is 5.32 Å². The van der Waals surface area contributed by atoms with Crippen LogP contribution in [0.4, 0.5) is 0 Å². The molecule has 0 unspecified atom stereocenters. The lowest BCUT2D eigenvalue weighted by molar-refractivity contribution is 0.0956. The maximum Gasteiger partial charge on any atom is 0.251 e. The first kappa shape index (κ1) is 20.0. The van der Waals surface area contributed by atoms with Gasteiger partial charge in [-0.1, -0.05) is 17.7 Å². The van der Waals surface area contributed by atoms with Crippen molar-refractivity contribution in [2.75, 3.05) is 33.7 Å². The zero-order valence-electron chi connectivity index (χ0n) is 16.1. The SMILES string of the molecule is CN1CC[C@H](N(C)S(=O)(=O)c2cccc(C(=O)NCC3=CCCCC3)c2)C1. The number of sulfonamides is 1. The third-order valence-electron chi connectivity index (χ3n) is 5.51. The molecule has 6 nitrogen and oxygen atoms in total. The van der Waals surface area contributed by atoms with E-state index in [1.165, 1.54) is 22.4 Å². The van der Waals surface area contributed by atoms with E-state index in [1.807, 2.05) is 7.05 Å². The number of hydrogen-bond acceptors (Lipinski definition) is 4. The molecule has 3 rings (SSSR count). The average Bonchev–Trinajstić information content (AvgIpc) is 3.12. The number of allylic oxidation sites excluding steroid dienone is 1. The second kappa shape index (κ2) is 8.54. The summed E-state index contributed by atoms with van der Waals surface area (Å²) in [6, 6.07) is 6.30. The number of nitrogens with one attached hydrogen (secondary N) is 1. The highest BCUT2D eigenvalue weighted by Crippen LogP contribution is 2.22. The average molecular weight is 392 g/mol. The standard InChI is InChI=1S/C20H29N3O3S/c1-22-12-11-18(15-22)23(2)27(25,26)19-10-6-9-17(13-19)20(24)21-14-16-7-4-3-5-8-16/h6-7,9-10,13,18H,3-5,8,11-12,14-15H2,1-2H3,(H,21,24)/t18-/m0/s1. The monoisotopic (exact) mass is 391 g/mol. The van der Waals surface area contributed by atoms with Gasteiger partial charge in [-0.3, -0.25) is 4.79 Å². The number of carbonyl (C=O) groups excluding carboxylic acids is 1. The third kappa shape index (κ3) is 4.78. The number of hydrogen-bond donors (Lipinski definition) is 1. The summed E-state index contributed by atoms with van der Waals surface area (Å²) in [7, 11) is -0.00231. The van der Waals surface area contributed by atoms with E-state index < -0.39 is 10.0 Å². The van der Waals surface area contributed by atoms with Gasteiger partial charge in [0.05, 0.1) is 4.90 Å². The minimum atomic E-state index is -3.62. The number of likely N-dealkylation sites (tertiary alicyclic amines) is 1. The van der Waals surface area contributed by atoms with Crippen molar-refractivity contribution in [2.24, 2.45) is 0 Å². The largest absolute Gasteiger partial charge is 0.348 e. The molecular formula is C20H29N3O3S. The van der Waals surface area contributed by atoms with Crippen LogP contribution >= 0.6 is 0 Å². The summed E-state index contributed by atoms with van der Waals surface area (Å²) < 4.78 is 27.4. The Morgan fingerprint density at radius 1 is 1.33 bits per heavy atom. The van der Waals surface area contributed by atoms with Crippen molar-refractivity contribution in [2.45, 2.75) is 43.0 Å². The normalized spacial score (nSPS) is 21.3. The minimum absolute atomic E-state index is 0.0317. The molecule has 1 aromatic carbocycles. The second-order valence-electron chi connectivity index (χ2n) is 7.54. The third-order valence-corrected chi connectivity index (χ3v) is 7.42. The van der Waals surface area contributed by atoms with Crippen LogP contribution in [0.2, 0.25) is 0 Å². The topological polar surface area (TPSA) is 69.7 Å². The highest BCUT2D eigenvalue weighted by molar-refractivity contribution is 7.89. The highest BCUT2D eigenvalue weighted by atomic mass is 32.2. The van der Waals surface area contributed by atoms with Crippen LogP contribution in [0.3, 0.4) is 0 Å². The van der Waals surface area contributed by atoms with Gasteiger partial charge in [-0.25, -0.2) is 8.42 Å². The molecule has 0 aromatic heterocycles. The minimum Gasteiger partial charge on any atom is -0.348 e. The molecule has 1 aliphatic carbocycles. The molecule has 27 heavy (non-hydrogen) atoms. The Labute approximate surface area is 162 Å². The fourth-order valence-corrected chi connectivity index (χ4v) is 5.15. The van der Waals surface area contributed by atoms with Gasteiger partial charge in [-0.15, -0.1) is 0 Å². The van der Waals surface area contributed by atoms with E-state index in [4.69, 9.17) is 0 Å². The number of nitrogens with zero attached hydrogens (tertiary/aromatic N) is 2. The molecule has 1 aromatic rings. The van der Waals surface area contributed by atoms with Crippen molar-refractivity contribution < 1.29 is 13.2 Å². The summed E-state index contributed by atoms with van der Waals surface area (Å²) in [5, 5.41) is 2.92. The molecule has 1 amide bonds. The Bertz CT molecular complexity index is 820. The van der Waals surface area contributed by atoms with E-state index >= 15 is 0 Å². The molecular weight excluding hydrogens is 362 g/mol. The van der Waals surface area contributed by atoms with Crippen LogP contribution in [0.5, 0.6) is 0 Å². The van der Waals surface area contributed by atoms with E-state index in [9.17, 15) is 13.2 Å². The molecule has 7 heteroatoms. The molecule has 1 heterocycles. The molecule has 0 saturated carbocycles. The summed E-state index contributed by atoms with van der Waals surface area (Å²) in [5.74, 6) is -0.234. The molecule has 0 spiro atoms. The fraction of sp³-hybridized carbons (Fsp3) is 0.550. The first-order valence-electron chi connectivity index (χ1n) is 9.60. The van der Waals surface area contributed by atoms with Crippen molar-refractivity contribution in [3.63, 3.8) is 0 Å². The van der Waals surface area contributed by atoms with Gasteiger partial charge in [0.2, 0.25) is 10.0 Å². The van der Waals surface area contributed by atoms with Crippen molar-refractivity contribution >= 4 is 15.9 Å². The van der Waals surface area contributed by atoms with Crippen LogP contribution in [0.1, 0.15) is 42.5 Å². The quantitative estimate of drug-likeness (QED) is 0.755. The second-order valence-corrected chi connectivity index (χ2v) is 9.54. The van der Waals surface area contributed by atoms with E-state index in [2.05, 4.69) is 16.3 Å². The number of likely N-dealkylation sites (N-methyl/N-ethyl adjacent to an activating group) is 2. The number of amides is 1. The zero-order chi connectivity index (χ0) is 19.4. The molecule has 2 aliphatic rings. The van der Waals surface area contributed by atoms with Crippen LogP contribution in [-0.4, -0.2) is 63.3 Å². The van der Waals surface area contributed by atoms with Crippen molar-refractivity contribution in [1.29, 1.82) is 0 Å². The summed E-state index contributed by atoms with van der Waals surface area (Å²) in [5.41, 5.74) is 1.63. The Morgan fingerprint density at radius 2 is 2.15 bits per heavy atom. The maximum absolute atomic E-state index is 13.0. The van der Waals surface area contributed by atoms with E-state index in [0.29, 0.717) is 12.1 Å². The lowest BCUT2D eigenvalue weighted by Gasteiger charge is -2.24. The predicted molar refractivity (Wildman–Crippen MR) is 106 cm³/mol. The van der Waals surface area contributed by atoms with Crippen molar-refractivity contribution in [1.82, 2.24) is 14.5 Å². The first-order valence-corrected chi connectivity index (χ1v) is 11.0. The van der Waals surface area contributed by atoms with Gasteiger partial charge in [-0.05, 0) is 63.9 Å². The number of benzene rings is 1. The molecule has 1 saturated heterocycles. The zero-order valence-corrected chi connectivity index (χ0v) is 17.0. The summed E-state index contributed by atoms with van der Waals surface area (Å²) in [4.78, 5) is 14.8. The van der Waals surface area contributed by atoms with E-state index in [1.54, 1.807) is 25.2 Å². The predicted octanol–water partition coefficient (Wildman–Crippen LogP) is 2.24. The fourth-order valence-electron chi connectivity index (χ4n) is 3.73. The van der Waals surface area contributed by atoms with Gasteiger partial charge < -0.3 is 10.2 Å². The Balaban J connectivity index is 1.70. The molecule has 1 atom stereocenters. The Kier molecular flexibility index (Phi) is 6.34. The van der Waals surface area contributed by atoms with Crippen LogP contribution in [-0.2, 0) is 10.0 Å². The Hall–Kier alpha value is -1.70. The van der Waals surface area contributed by atoms with Crippen LogP contribution in [0.25, 0.3) is 0 Å². The molecule has 0 bridgehead atoms. The van der Waals surface area contributed by atoms with E-state index in [-0.39, 0.29) is 16.8 Å². The molecule has 1 aliphatic heterocycles. The molecule has 1 fully saturated rings. The maximum atomic E-state index is 13.0. The van der Waals surface area contributed by atoms with Gasteiger partial charge in [0, 0.05) is 31.7 Å². The highest BCUT2D eigenvalue weighted by Gasteiger charge is 2.32. The van der Waals surface area contributed by atoms with Crippen LogP contribution in [0.15, 0.2) is 40.8 Å². The van der Waals surface area contributed by atoms with Gasteiger partial charge in [0.25, 0.3) is 5.91 Å². The lowest BCUT2D eigenvalue weighted by Crippen LogP contribution is -2.38. The van der Waals surface area contributed by atoms with Gasteiger partial charge in [0.15, 0.2) is 0 Å². The van der Waals surface area contributed by atoms with Gasteiger partial charge in [0.1, 0.15) is 0 Å². The summed E-state index contributed by atoms with van der Waals surface area (Å²) in [6.07, 6.45) is 7.48. The van der Waals surface area contributed by atoms with Crippen molar-refractivity contribution in [3.8, 4) is 0 Å². The number of carbonyl (C=O) groups is 1. The summed E-state index contributed by atoms with van der Waals surface area (Å²) in [6.45, 7) is 2.15. The van der Waals surface area contributed by atoms with E-state index in [0.717, 1.165) is 38.8 Å². The lowest BCUT2D eigenvalue weighted by atomic mass is 9.99. The van der Waals surface area contributed by atoms with Crippen LogP contribution in [0, 0.1) is 0 Å². The molecule has 1 N–H and O–H groups in total. The molecule has 148 valence electrons. The number of rotatable bonds is 6. The smallest absolute Gasteiger partial charge is 0.251 e.